The van der Waals surface area contributed by atoms with Crippen molar-refractivity contribution in [1.82, 2.24) is 0 Å². The molecule has 0 aliphatic heterocycles. The summed E-state index contributed by atoms with van der Waals surface area (Å²) in [5, 5.41) is 7.82. The zero-order chi connectivity index (χ0) is 14.0. The summed E-state index contributed by atoms with van der Waals surface area (Å²) in [5.41, 5.74) is 0.572. The lowest BCUT2D eigenvalue weighted by Crippen LogP contribution is -2.19. The smallest absolute Gasteiger partial charge is 0.305 e. The van der Waals surface area contributed by atoms with Crippen molar-refractivity contribution in [2.24, 2.45) is 0 Å². The molecule has 0 saturated carbocycles. The van der Waals surface area contributed by atoms with Crippen molar-refractivity contribution < 1.29 is 14.7 Å². The number of carboxylic acids is 1. The molecule has 0 saturated heterocycles. The van der Waals surface area contributed by atoms with Crippen molar-refractivity contribution in [2.75, 3.05) is 0 Å². The van der Waals surface area contributed by atoms with Crippen molar-refractivity contribution in [2.45, 2.75) is 18.7 Å². The van der Waals surface area contributed by atoms with Gasteiger partial charge in [0.15, 0.2) is 5.78 Å². The van der Waals surface area contributed by atoms with Gasteiger partial charge in [0.1, 0.15) is 5.38 Å². The Hall–Kier alpha value is -0.480. The predicted octanol–water partition coefficient (Wildman–Crippen LogP) is 4.22. The van der Waals surface area contributed by atoms with Gasteiger partial charge >= 0.3 is 5.97 Å². The molecule has 7 heteroatoms. The molecule has 0 bridgehead atoms. The highest BCUT2D eigenvalue weighted by Gasteiger charge is 2.25. The van der Waals surface area contributed by atoms with Gasteiger partial charge in [-0.05, 0) is 18.6 Å². The summed E-state index contributed by atoms with van der Waals surface area (Å²) in [6.45, 7) is 1.65. The lowest BCUT2D eigenvalue weighted by Gasteiger charge is -2.11. The van der Waals surface area contributed by atoms with Crippen LogP contribution in [0.1, 0.15) is 22.3 Å². The minimum Gasteiger partial charge on any atom is -0.481 e. The third kappa shape index (κ3) is 3.29. The first-order chi connectivity index (χ1) is 8.25. The van der Waals surface area contributed by atoms with E-state index in [9.17, 15) is 9.59 Å². The lowest BCUT2D eigenvalue weighted by atomic mass is 10.0. The van der Waals surface area contributed by atoms with Gasteiger partial charge in [-0.25, -0.2) is 0 Å². The lowest BCUT2D eigenvalue weighted by molar-refractivity contribution is -0.136. The monoisotopic (exact) mass is 328 g/mol. The van der Waals surface area contributed by atoms with E-state index in [4.69, 9.17) is 51.5 Å². The van der Waals surface area contributed by atoms with Gasteiger partial charge in [-0.1, -0.05) is 34.8 Å². The molecule has 1 atom stereocenters. The Morgan fingerprint density at radius 1 is 1.28 bits per heavy atom. The fraction of sp³-hybridized carbons (Fsp3) is 0.273. The molecular formula is C11H8Cl4O3. The maximum atomic E-state index is 11.9. The first kappa shape index (κ1) is 15.6. The van der Waals surface area contributed by atoms with Crippen molar-refractivity contribution in [1.29, 1.82) is 0 Å². The number of aliphatic carboxylic acids is 1. The molecule has 0 spiro atoms. The molecule has 0 fully saturated rings. The Bertz CT molecular complexity index is 514. The van der Waals surface area contributed by atoms with Crippen LogP contribution in [0.2, 0.25) is 15.1 Å². The molecule has 98 valence electrons. The van der Waals surface area contributed by atoms with Crippen LogP contribution in [-0.2, 0) is 4.79 Å². The second-order valence-electron chi connectivity index (χ2n) is 3.59. The van der Waals surface area contributed by atoms with Gasteiger partial charge in [0.25, 0.3) is 0 Å². The van der Waals surface area contributed by atoms with Crippen molar-refractivity contribution in [3.8, 4) is 0 Å². The summed E-state index contributed by atoms with van der Waals surface area (Å²) >= 11 is 23.4. The van der Waals surface area contributed by atoms with E-state index in [1.807, 2.05) is 0 Å². The van der Waals surface area contributed by atoms with Gasteiger partial charge < -0.3 is 5.11 Å². The standard InChI is InChI=1S/C11H8Cl4O3/c1-4-6(12)2-5(10(15)9(4)14)11(18)7(13)3-8(16)17/h2,7H,3H2,1H3,(H,16,17). The van der Waals surface area contributed by atoms with Gasteiger partial charge in [0, 0.05) is 10.6 Å². The van der Waals surface area contributed by atoms with Crippen LogP contribution in [-0.4, -0.2) is 22.2 Å². The first-order valence-corrected chi connectivity index (χ1v) is 6.37. The SMILES string of the molecule is Cc1c(Cl)cc(C(=O)C(Cl)CC(=O)O)c(Cl)c1Cl. The number of halogens is 4. The molecule has 0 radical (unpaired) electrons. The van der Waals surface area contributed by atoms with Crippen LogP contribution in [0.15, 0.2) is 6.07 Å². The van der Waals surface area contributed by atoms with Crippen molar-refractivity contribution >= 4 is 58.2 Å². The Balaban J connectivity index is 3.18. The molecule has 1 unspecified atom stereocenters. The van der Waals surface area contributed by atoms with E-state index in [1.54, 1.807) is 6.92 Å². The number of ketones is 1. The van der Waals surface area contributed by atoms with Gasteiger partial charge in [-0.15, -0.1) is 11.6 Å². The van der Waals surface area contributed by atoms with Gasteiger partial charge in [-0.3, -0.25) is 9.59 Å². The summed E-state index contributed by atoms with van der Waals surface area (Å²) in [5.74, 6) is -1.79. The number of carbonyl (C=O) groups excluding carboxylic acids is 1. The largest absolute Gasteiger partial charge is 0.481 e. The number of hydrogen-bond acceptors (Lipinski definition) is 2. The van der Waals surface area contributed by atoms with E-state index < -0.39 is 23.6 Å². The van der Waals surface area contributed by atoms with E-state index >= 15 is 0 Å². The fourth-order valence-corrected chi connectivity index (χ4v) is 2.27. The zero-order valence-electron chi connectivity index (χ0n) is 9.14. The van der Waals surface area contributed by atoms with E-state index in [-0.39, 0.29) is 20.6 Å². The number of carboxylic acid groups (broad SMARTS) is 1. The number of alkyl halides is 1. The van der Waals surface area contributed by atoms with Gasteiger partial charge in [-0.2, -0.15) is 0 Å². The number of benzene rings is 1. The van der Waals surface area contributed by atoms with Gasteiger partial charge in [0.2, 0.25) is 0 Å². The fourth-order valence-electron chi connectivity index (χ4n) is 1.28. The molecule has 3 nitrogen and oxygen atoms in total. The Labute approximate surface area is 124 Å². The number of rotatable bonds is 4. The molecule has 0 aromatic heterocycles. The Morgan fingerprint density at radius 3 is 2.33 bits per heavy atom. The Morgan fingerprint density at radius 2 is 1.83 bits per heavy atom. The summed E-state index contributed by atoms with van der Waals surface area (Å²) in [7, 11) is 0. The molecular weight excluding hydrogens is 322 g/mol. The van der Waals surface area contributed by atoms with E-state index in [1.165, 1.54) is 6.07 Å². The summed E-state index contributed by atoms with van der Waals surface area (Å²) < 4.78 is 0. The van der Waals surface area contributed by atoms with Crippen LogP contribution in [0.5, 0.6) is 0 Å². The second-order valence-corrected chi connectivity index (χ2v) is 5.28. The van der Waals surface area contributed by atoms with Crippen molar-refractivity contribution in [3.05, 3.63) is 32.3 Å². The molecule has 0 heterocycles. The average molecular weight is 330 g/mol. The minimum atomic E-state index is -1.21. The highest BCUT2D eigenvalue weighted by molar-refractivity contribution is 6.47. The number of Topliss-reactive ketones (excluding diaryl/α,β-unsaturated/α-hetero) is 1. The van der Waals surface area contributed by atoms with Crippen LogP contribution >= 0.6 is 46.4 Å². The van der Waals surface area contributed by atoms with Crippen LogP contribution in [0.25, 0.3) is 0 Å². The molecule has 1 N–H and O–H groups in total. The molecule has 0 amide bonds. The van der Waals surface area contributed by atoms with E-state index in [0.717, 1.165) is 0 Å². The molecule has 1 aromatic carbocycles. The zero-order valence-corrected chi connectivity index (χ0v) is 12.2. The molecule has 1 rings (SSSR count). The highest BCUT2D eigenvalue weighted by Crippen LogP contribution is 2.35. The number of carbonyl (C=O) groups is 2. The summed E-state index contributed by atoms with van der Waals surface area (Å²) in [6.07, 6.45) is -0.500. The third-order valence-corrected chi connectivity index (χ3v) is 4.00. The quantitative estimate of drug-likeness (QED) is 0.511. The molecule has 18 heavy (non-hydrogen) atoms. The first-order valence-electron chi connectivity index (χ1n) is 4.79. The van der Waals surface area contributed by atoms with E-state index in [0.29, 0.717) is 5.56 Å². The van der Waals surface area contributed by atoms with Gasteiger partial charge in [0.05, 0.1) is 16.5 Å². The topological polar surface area (TPSA) is 54.4 Å². The third-order valence-electron chi connectivity index (χ3n) is 2.29. The number of hydrogen-bond donors (Lipinski definition) is 1. The van der Waals surface area contributed by atoms with Crippen molar-refractivity contribution in [3.63, 3.8) is 0 Å². The van der Waals surface area contributed by atoms with Crippen LogP contribution < -0.4 is 0 Å². The highest BCUT2D eigenvalue weighted by atomic mass is 35.5. The maximum absolute atomic E-state index is 11.9. The van der Waals surface area contributed by atoms with E-state index in [2.05, 4.69) is 0 Å². The summed E-state index contributed by atoms with van der Waals surface area (Å²) in [4.78, 5) is 22.4. The van der Waals surface area contributed by atoms with Crippen LogP contribution in [0.3, 0.4) is 0 Å². The molecule has 1 aromatic rings. The molecule has 0 aliphatic rings. The van der Waals surface area contributed by atoms with Crippen LogP contribution in [0, 0.1) is 6.92 Å². The predicted molar refractivity (Wildman–Crippen MR) is 72.4 cm³/mol. The summed E-state index contributed by atoms with van der Waals surface area (Å²) in [6, 6.07) is 1.34. The minimum absolute atomic E-state index is 0.0264. The molecule has 0 aliphatic carbocycles. The average Bonchev–Trinajstić information content (AvgIpc) is 2.29. The second kappa shape index (κ2) is 6.11. The normalized spacial score (nSPS) is 12.3. The maximum Gasteiger partial charge on any atom is 0.305 e. The Kier molecular flexibility index (Phi) is 5.29. The van der Waals surface area contributed by atoms with Crippen LogP contribution in [0.4, 0.5) is 0 Å².